The van der Waals surface area contributed by atoms with Gasteiger partial charge in [0.25, 0.3) is 0 Å². The molecule has 0 N–H and O–H groups in total. The lowest BCUT2D eigenvalue weighted by atomic mass is 10.1. The van der Waals surface area contributed by atoms with Crippen molar-refractivity contribution < 1.29 is 19.1 Å². The largest absolute Gasteiger partial charge is 0.464 e. The number of likely N-dealkylation sites (N-methyl/N-ethyl adjacent to an activating group) is 2. The average molecular weight is 591 g/mol. The van der Waals surface area contributed by atoms with Crippen LogP contribution in [0.3, 0.4) is 0 Å². The highest BCUT2D eigenvalue weighted by atomic mass is 35.5. The molecule has 2 rings (SSSR count). The van der Waals surface area contributed by atoms with Crippen molar-refractivity contribution in [3.63, 3.8) is 0 Å². The van der Waals surface area contributed by atoms with E-state index in [0.29, 0.717) is 38.1 Å². The standard InChI is InChI=1S/2C17H27NO2.ClH/c2*1-4-10-16(18(5-2)6-3)14-20-17(19)13-15-11-8-7-9-12-15;/h2*7-9,11-12,16H,4-6,10,13-14H2,1-3H3;1H. The highest BCUT2D eigenvalue weighted by Crippen LogP contribution is 2.10. The van der Waals surface area contributed by atoms with Gasteiger partial charge in [0.2, 0.25) is 0 Å². The Kier molecular flexibility index (Phi) is 22.8. The number of nitrogens with zero attached hydrogens (tertiary/aromatic N) is 2. The quantitative estimate of drug-likeness (QED) is 0.174. The van der Waals surface area contributed by atoms with Crippen molar-refractivity contribution >= 4 is 24.3 Å². The molecule has 2 atom stereocenters. The SMILES string of the molecule is CCCC(COC(=O)Cc1ccccc1)N(CC)CC.CCCC(COC(=O)Cc1ccccc1)N(CC)CC.Cl. The lowest BCUT2D eigenvalue weighted by Gasteiger charge is -2.29. The summed E-state index contributed by atoms with van der Waals surface area (Å²) in [5, 5.41) is 0. The van der Waals surface area contributed by atoms with Crippen LogP contribution in [0.15, 0.2) is 60.7 Å². The van der Waals surface area contributed by atoms with Gasteiger partial charge in [0.1, 0.15) is 13.2 Å². The smallest absolute Gasteiger partial charge is 0.310 e. The first kappa shape index (κ1) is 38.6. The van der Waals surface area contributed by atoms with Crippen LogP contribution in [0.25, 0.3) is 0 Å². The molecule has 0 saturated carbocycles. The second-order valence-electron chi connectivity index (χ2n) is 10.0. The number of ether oxygens (including phenoxy) is 2. The van der Waals surface area contributed by atoms with E-state index in [1.165, 1.54) is 0 Å². The predicted molar refractivity (Wildman–Crippen MR) is 173 cm³/mol. The second kappa shape index (κ2) is 24.2. The maximum Gasteiger partial charge on any atom is 0.310 e. The van der Waals surface area contributed by atoms with Crippen LogP contribution in [0.1, 0.15) is 78.4 Å². The maximum absolute atomic E-state index is 11.9. The van der Waals surface area contributed by atoms with Gasteiger partial charge in [-0.15, -0.1) is 12.4 Å². The molecule has 2 unspecified atom stereocenters. The van der Waals surface area contributed by atoms with Crippen LogP contribution < -0.4 is 0 Å². The maximum atomic E-state index is 11.9. The van der Waals surface area contributed by atoms with Gasteiger partial charge in [0, 0.05) is 12.1 Å². The van der Waals surface area contributed by atoms with E-state index in [1.807, 2.05) is 60.7 Å². The zero-order valence-electron chi connectivity index (χ0n) is 26.3. The highest BCUT2D eigenvalue weighted by Gasteiger charge is 2.18. The van der Waals surface area contributed by atoms with E-state index < -0.39 is 0 Å². The van der Waals surface area contributed by atoms with E-state index >= 15 is 0 Å². The average Bonchev–Trinajstić information content (AvgIpc) is 2.97. The Morgan fingerprint density at radius 1 is 0.585 bits per heavy atom. The van der Waals surface area contributed by atoms with E-state index in [9.17, 15) is 9.59 Å². The molecule has 0 saturated heterocycles. The van der Waals surface area contributed by atoms with Crippen LogP contribution in [0.5, 0.6) is 0 Å². The second-order valence-corrected chi connectivity index (χ2v) is 10.0. The Morgan fingerprint density at radius 3 is 1.17 bits per heavy atom. The van der Waals surface area contributed by atoms with Crippen LogP contribution >= 0.6 is 12.4 Å². The first-order valence-electron chi connectivity index (χ1n) is 15.3. The van der Waals surface area contributed by atoms with Crippen LogP contribution in [0.4, 0.5) is 0 Å². The summed E-state index contributed by atoms with van der Waals surface area (Å²) < 4.78 is 10.9. The normalized spacial score (nSPS) is 12.1. The number of hydrogen-bond donors (Lipinski definition) is 0. The summed E-state index contributed by atoms with van der Waals surface area (Å²) >= 11 is 0. The molecule has 0 heterocycles. The summed E-state index contributed by atoms with van der Waals surface area (Å²) in [7, 11) is 0. The predicted octanol–water partition coefficient (Wildman–Crippen LogP) is 6.99. The summed E-state index contributed by atoms with van der Waals surface area (Å²) in [6, 6.07) is 20.2. The van der Waals surface area contributed by atoms with E-state index in [1.54, 1.807) is 0 Å². The van der Waals surface area contributed by atoms with Crippen LogP contribution in [0, 0.1) is 0 Å². The Bertz CT molecular complexity index is 830. The number of rotatable bonds is 18. The number of esters is 2. The van der Waals surface area contributed by atoms with Crippen molar-refractivity contribution in [3.8, 4) is 0 Å². The highest BCUT2D eigenvalue weighted by molar-refractivity contribution is 5.85. The zero-order valence-corrected chi connectivity index (χ0v) is 27.2. The Labute approximate surface area is 256 Å². The Hall–Kier alpha value is -2.41. The number of benzene rings is 2. The third-order valence-electron chi connectivity index (χ3n) is 7.16. The molecule has 0 spiro atoms. The number of carbonyl (C=O) groups is 2. The van der Waals surface area contributed by atoms with Crippen molar-refractivity contribution in [3.05, 3.63) is 71.8 Å². The van der Waals surface area contributed by atoms with E-state index in [2.05, 4.69) is 51.3 Å². The fraction of sp³-hybridized carbons (Fsp3) is 0.588. The van der Waals surface area contributed by atoms with Gasteiger partial charge in [-0.3, -0.25) is 19.4 Å². The van der Waals surface area contributed by atoms with Crippen LogP contribution in [-0.2, 0) is 31.9 Å². The molecule has 41 heavy (non-hydrogen) atoms. The first-order chi connectivity index (χ1) is 19.4. The minimum absolute atomic E-state index is 0. The molecular weight excluding hydrogens is 536 g/mol. The minimum atomic E-state index is -0.135. The monoisotopic (exact) mass is 590 g/mol. The number of carbonyl (C=O) groups excluding carboxylic acids is 2. The molecule has 0 aliphatic rings. The van der Waals surface area contributed by atoms with Gasteiger partial charge in [0.15, 0.2) is 0 Å². The van der Waals surface area contributed by atoms with Gasteiger partial charge in [-0.2, -0.15) is 0 Å². The van der Waals surface area contributed by atoms with Gasteiger partial charge in [-0.05, 0) is 50.1 Å². The number of halogens is 1. The van der Waals surface area contributed by atoms with Gasteiger partial charge >= 0.3 is 11.9 Å². The molecule has 0 radical (unpaired) electrons. The Balaban J connectivity index is 0.000000762. The van der Waals surface area contributed by atoms with Gasteiger partial charge in [-0.25, -0.2) is 0 Å². The van der Waals surface area contributed by atoms with Gasteiger partial charge < -0.3 is 9.47 Å². The van der Waals surface area contributed by atoms with Crippen molar-refractivity contribution in [1.82, 2.24) is 9.80 Å². The van der Waals surface area contributed by atoms with E-state index in [0.717, 1.165) is 63.0 Å². The summed E-state index contributed by atoms with van der Waals surface area (Å²) in [5.41, 5.74) is 2.01. The lowest BCUT2D eigenvalue weighted by molar-refractivity contribution is -0.145. The molecule has 0 aliphatic heterocycles. The summed E-state index contributed by atoms with van der Waals surface area (Å²) in [5.74, 6) is -0.270. The third kappa shape index (κ3) is 16.6. The molecule has 2 aromatic rings. The molecule has 0 fully saturated rings. The third-order valence-corrected chi connectivity index (χ3v) is 7.16. The molecule has 0 aliphatic carbocycles. The van der Waals surface area contributed by atoms with Gasteiger partial charge in [-0.1, -0.05) is 115 Å². The molecule has 0 bridgehead atoms. The topological polar surface area (TPSA) is 59.1 Å². The molecule has 232 valence electrons. The number of hydrogen-bond acceptors (Lipinski definition) is 6. The fourth-order valence-corrected chi connectivity index (χ4v) is 4.89. The first-order valence-corrected chi connectivity index (χ1v) is 15.3. The van der Waals surface area contributed by atoms with Crippen LogP contribution in [-0.4, -0.2) is 73.2 Å². The fourth-order valence-electron chi connectivity index (χ4n) is 4.89. The molecule has 0 aromatic heterocycles. The van der Waals surface area contributed by atoms with E-state index in [4.69, 9.17) is 9.47 Å². The van der Waals surface area contributed by atoms with Gasteiger partial charge in [0.05, 0.1) is 12.8 Å². The van der Waals surface area contributed by atoms with Crippen molar-refractivity contribution in [2.24, 2.45) is 0 Å². The molecule has 2 aromatic carbocycles. The molecule has 6 nitrogen and oxygen atoms in total. The van der Waals surface area contributed by atoms with Crippen molar-refractivity contribution in [1.29, 1.82) is 0 Å². The van der Waals surface area contributed by atoms with Crippen molar-refractivity contribution in [2.45, 2.75) is 92.2 Å². The minimum Gasteiger partial charge on any atom is -0.464 e. The molecule has 7 heteroatoms. The van der Waals surface area contributed by atoms with Crippen molar-refractivity contribution in [2.75, 3.05) is 39.4 Å². The summed E-state index contributed by atoms with van der Waals surface area (Å²) in [6.45, 7) is 17.9. The summed E-state index contributed by atoms with van der Waals surface area (Å²) in [6.07, 6.45) is 5.07. The van der Waals surface area contributed by atoms with Crippen LogP contribution in [0.2, 0.25) is 0 Å². The lowest BCUT2D eigenvalue weighted by Crippen LogP contribution is -2.39. The summed E-state index contributed by atoms with van der Waals surface area (Å²) in [4.78, 5) is 28.5. The Morgan fingerprint density at radius 2 is 0.902 bits per heavy atom. The zero-order chi connectivity index (χ0) is 29.6. The molecular formula is C34H55ClN2O4. The molecule has 0 amide bonds. The van der Waals surface area contributed by atoms with E-state index in [-0.39, 0.29) is 24.3 Å².